The third-order valence-electron chi connectivity index (χ3n) is 4.99. The zero-order valence-electron chi connectivity index (χ0n) is 18.1. The van der Waals surface area contributed by atoms with E-state index in [1.54, 1.807) is 60.7 Å². The molecule has 0 heterocycles. The lowest BCUT2D eigenvalue weighted by Crippen LogP contribution is -2.20. The molecule has 0 saturated carbocycles. The lowest BCUT2D eigenvalue weighted by Gasteiger charge is -2.13. The molecular formula is C26H19Cl2NO5. The monoisotopic (exact) mass is 495 g/mol. The summed E-state index contributed by atoms with van der Waals surface area (Å²) in [4.78, 5) is 37.6. The van der Waals surface area contributed by atoms with Gasteiger partial charge in [0.2, 0.25) is 0 Å². The Labute approximate surface area is 206 Å². The van der Waals surface area contributed by atoms with Gasteiger partial charge in [-0.05, 0) is 48.9 Å². The molecule has 3 aromatic rings. The van der Waals surface area contributed by atoms with Crippen molar-refractivity contribution in [3.8, 4) is 11.5 Å². The van der Waals surface area contributed by atoms with Crippen LogP contribution in [0.3, 0.4) is 0 Å². The van der Waals surface area contributed by atoms with Crippen molar-refractivity contribution in [2.45, 2.75) is 6.92 Å². The molecule has 0 unspecified atom stereocenters. The highest BCUT2D eigenvalue weighted by atomic mass is 35.5. The Morgan fingerprint density at radius 1 is 0.882 bits per heavy atom. The number of ketones is 2. The van der Waals surface area contributed by atoms with Gasteiger partial charge in [-0.1, -0.05) is 53.5 Å². The molecule has 0 radical (unpaired) electrons. The number of Topliss-reactive ketones (excluding diaryl/α,β-unsaturated/α-hetero) is 2. The number of hydrogen-bond acceptors (Lipinski definition) is 5. The Morgan fingerprint density at radius 3 is 2.15 bits per heavy atom. The van der Waals surface area contributed by atoms with Crippen LogP contribution in [0.2, 0.25) is 10.0 Å². The molecule has 0 bridgehead atoms. The maximum Gasteiger partial charge on any atom is 0.262 e. The van der Waals surface area contributed by atoms with Crippen molar-refractivity contribution in [2.75, 3.05) is 18.5 Å². The van der Waals surface area contributed by atoms with Gasteiger partial charge >= 0.3 is 0 Å². The Bertz CT molecular complexity index is 1280. The largest absolute Gasteiger partial charge is 0.490 e. The molecule has 1 aliphatic carbocycles. The van der Waals surface area contributed by atoms with Crippen molar-refractivity contribution in [1.82, 2.24) is 0 Å². The summed E-state index contributed by atoms with van der Waals surface area (Å²) in [6.07, 6.45) is 1.53. The zero-order valence-corrected chi connectivity index (χ0v) is 19.6. The number of hydrogen-bond donors (Lipinski definition) is 1. The fraction of sp³-hybridized carbons (Fsp3) is 0.115. The predicted molar refractivity (Wildman–Crippen MR) is 131 cm³/mol. The molecule has 0 aliphatic heterocycles. The molecule has 0 saturated heterocycles. The van der Waals surface area contributed by atoms with Gasteiger partial charge in [-0.3, -0.25) is 14.4 Å². The molecule has 4 rings (SSSR count). The number of carbonyl (C=O) groups excluding carboxylic acids is 3. The van der Waals surface area contributed by atoms with E-state index in [0.717, 1.165) is 0 Å². The fourth-order valence-electron chi connectivity index (χ4n) is 3.54. The topological polar surface area (TPSA) is 81.7 Å². The first-order valence-electron chi connectivity index (χ1n) is 10.4. The van der Waals surface area contributed by atoms with E-state index in [1.807, 2.05) is 6.92 Å². The molecule has 34 heavy (non-hydrogen) atoms. The molecule has 3 aromatic carbocycles. The first-order valence-corrected chi connectivity index (χ1v) is 11.2. The predicted octanol–water partition coefficient (Wildman–Crippen LogP) is 5.87. The van der Waals surface area contributed by atoms with Crippen molar-refractivity contribution >= 4 is 52.4 Å². The van der Waals surface area contributed by atoms with Crippen molar-refractivity contribution in [2.24, 2.45) is 0 Å². The van der Waals surface area contributed by atoms with E-state index in [0.29, 0.717) is 50.5 Å². The van der Waals surface area contributed by atoms with E-state index in [4.69, 9.17) is 32.7 Å². The molecular weight excluding hydrogens is 477 g/mol. The number of amides is 1. The second-order valence-electron chi connectivity index (χ2n) is 7.40. The lowest BCUT2D eigenvalue weighted by atomic mass is 10.1. The maximum absolute atomic E-state index is 12.7. The number of carbonyl (C=O) groups is 3. The number of nitrogens with one attached hydrogen (secondary N) is 1. The van der Waals surface area contributed by atoms with Gasteiger partial charge in [0, 0.05) is 26.9 Å². The first kappa shape index (κ1) is 23.5. The van der Waals surface area contributed by atoms with Gasteiger partial charge in [-0.15, -0.1) is 0 Å². The van der Waals surface area contributed by atoms with E-state index >= 15 is 0 Å². The minimum atomic E-state index is -0.410. The van der Waals surface area contributed by atoms with Crippen LogP contribution in [-0.4, -0.2) is 30.7 Å². The number of fused-ring (bicyclic) bond motifs is 1. The summed E-state index contributed by atoms with van der Waals surface area (Å²) >= 11 is 11.9. The van der Waals surface area contributed by atoms with Gasteiger partial charge < -0.3 is 14.8 Å². The summed E-state index contributed by atoms with van der Waals surface area (Å²) in [5.74, 6) is -0.304. The molecule has 0 aromatic heterocycles. The maximum atomic E-state index is 12.7. The SMILES string of the molecule is CCOc1cc(C=C2C(=O)c3ccccc3C2=O)ccc1OCC(=O)Nc1cc(Cl)cc(Cl)c1. The molecule has 1 amide bonds. The van der Waals surface area contributed by atoms with Gasteiger partial charge in [0.15, 0.2) is 29.7 Å². The molecule has 8 heteroatoms. The van der Waals surface area contributed by atoms with Crippen LogP contribution in [0.25, 0.3) is 6.08 Å². The number of ether oxygens (including phenoxy) is 2. The Kier molecular flexibility index (Phi) is 7.01. The molecule has 1 aliphatic rings. The van der Waals surface area contributed by atoms with Gasteiger partial charge in [0.05, 0.1) is 12.2 Å². The van der Waals surface area contributed by atoms with Crippen LogP contribution in [0.15, 0.2) is 66.2 Å². The molecule has 6 nitrogen and oxygen atoms in total. The summed E-state index contributed by atoms with van der Waals surface area (Å²) in [5.41, 5.74) is 1.94. The highest BCUT2D eigenvalue weighted by Crippen LogP contribution is 2.32. The molecule has 1 N–H and O–H groups in total. The smallest absolute Gasteiger partial charge is 0.262 e. The van der Waals surface area contributed by atoms with E-state index in [-0.39, 0.29) is 23.7 Å². The Balaban J connectivity index is 1.50. The number of halogens is 2. The Morgan fingerprint density at radius 2 is 1.53 bits per heavy atom. The average molecular weight is 496 g/mol. The van der Waals surface area contributed by atoms with Crippen molar-refractivity contribution in [1.29, 1.82) is 0 Å². The summed E-state index contributed by atoms with van der Waals surface area (Å²) in [5, 5.41) is 3.46. The van der Waals surface area contributed by atoms with Crippen LogP contribution in [0, 0.1) is 0 Å². The van der Waals surface area contributed by atoms with E-state index in [1.165, 1.54) is 6.08 Å². The standard InChI is InChI=1S/C26H19Cl2NO5/c1-2-33-23-10-15(9-21-25(31)19-5-3-4-6-20(19)26(21)32)7-8-22(23)34-14-24(30)29-18-12-16(27)11-17(28)13-18/h3-13H,2,14H2,1H3,(H,29,30). The van der Waals surface area contributed by atoms with Crippen LogP contribution >= 0.6 is 23.2 Å². The summed E-state index contributed by atoms with van der Waals surface area (Å²) in [6.45, 7) is 1.88. The minimum absolute atomic E-state index is 0.0943. The fourth-order valence-corrected chi connectivity index (χ4v) is 4.06. The van der Waals surface area contributed by atoms with Gasteiger partial charge in [-0.2, -0.15) is 0 Å². The lowest BCUT2D eigenvalue weighted by molar-refractivity contribution is -0.118. The van der Waals surface area contributed by atoms with E-state index in [9.17, 15) is 14.4 Å². The van der Waals surface area contributed by atoms with Gasteiger partial charge in [-0.25, -0.2) is 0 Å². The summed E-state index contributed by atoms with van der Waals surface area (Å²) in [7, 11) is 0. The van der Waals surface area contributed by atoms with E-state index in [2.05, 4.69) is 5.32 Å². The minimum Gasteiger partial charge on any atom is -0.490 e. The van der Waals surface area contributed by atoms with Crippen molar-refractivity contribution in [3.63, 3.8) is 0 Å². The van der Waals surface area contributed by atoms with Crippen LogP contribution < -0.4 is 14.8 Å². The van der Waals surface area contributed by atoms with Gasteiger partial charge in [0.25, 0.3) is 5.91 Å². The third-order valence-corrected chi connectivity index (χ3v) is 5.43. The quantitative estimate of drug-likeness (QED) is 0.327. The van der Waals surface area contributed by atoms with Gasteiger partial charge in [0.1, 0.15) is 0 Å². The zero-order chi connectivity index (χ0) is 24.2. The summed E-state index contributed by atoms with van der Waals surface area (Å²) < 4.78 is 11.3. The van der Waals surface area contributed by atoms with Crippen LogP contribution in [0.5, 0.6) is 11.5 Å². The molecule has 172 valence electrons. The number of benzene rings is 3. The second kappa shape index (κ2) is 10.1. The third kappa shape index (κ3) is 5.14. The van der Waals surface area contributed by atoms with Crippen LogP contribution in [0.4, 0.5) is 5.69 Å². The van der Waals surface area contributed by atoms with Crippen LogP contribution in [0.1, 0.15) is 33.2 Å². The van der Waals surface area contributed by atoms with E-state index < -0.39 is 5.91 Å². The molecule has 0 fully saturated rings. The first-order chi connectivity index (χ1) is 16.4. The Hall–Kier alpha value is -3.61. The second-order valence-corrected chi connectivity index (χ2v) is 8.27. The van der Waals surface area contributed by atoms with Crippen molar-refractivity contribution < 1.29 is 23.9 Å². The molecule has 0 spiro atoms. The number of anilines is 1. The highest BCUT2D eigenvalue weighted by molar-refractivity contribution is 6.41. The highest BCUT2D eigenvalue weighted by Gasteiger charge is 2.32. The number of allylic oxidation sites excluding steroid dienone is 1. The number of rotatable bonds is 7. The molecule has 0 atom stereocenters. The normalized spacial score (nSPS) is 12.4. The van der Waals surface area contributed by atoms with Crippen LogP contribution in [-0.2, 0) is 4.79 Å². The average Bonchev–Trinajstić information content (AvgIpc) is 3.03. The summed E-state index contributed by atoms with van der Waals surface area (Å²) in [6, 6.07) is 16.4. The van der Waals surface area contributed by atoms with Crippen molar-refractivity contribution in [3.05, 3.63) is 93.0 Å².